The SMILES string of the molecule is Cc1cc(N2C[C@]34C=C[C@@H](O3)[C@H](C(=O)Nc3ccc(OC(F)(F)F)cc3)[C@H]4C2=O)no1. The van der Waals surface area contributed by atoms with Crippen molar-refractivity contribution in [3.8, 4) is 5.75 Å². The average molecular weight is 435 g/mol. The minimum Gasteiger partial charge on any atom is -0.406 e. The third-order valence-electron chi connectivity index (χ3n) is 5.65. The van der Waals surface area contributed by atoms with E-state index in [0.717, 1.165) is 12.1 Å². The van der Waals surface area contributed by atoms with E-state index >= 15 is 0 Å². The van der Waals surface area contributed by atoms with Gasteiger partial charge in [-0.25, -0.2) is 0 Å². The number of benzene rings is 1. The van der Waals surface area contributed by atoms with Gasteiger partial charge in [0.25, 0.3) is 0 Å². The van der Waals surface area contributed by atoms with Crippen molar-refractivity contribution < 1.29 is 36.8 Å². The first-order chi connectivity index (χ1) is 14.7. The Balaban J connectivity index is 1.34. The smallest absolute Gasteiger partial charge is 0.406 e. The summed E-state index contributed by atoms with van der Waals surface area (Å²) in [6.07, 6.45) is -1.81. The molecular formula is C20H16F3N3O5. The first-order valence-electron chi connectivity index (χ1n) is 9.44. The largest absolute Gasteiger partial charge is 0.573 e. The highest BCUT2D eigenvalue weighted by Gasteiger charge is 2.67. The van der Waals surface area contributed by atoms with Crippen LogP contribution < -0.4 is 15.0 Å². The van der Waals surface area contributed by atoms with Gasteiger partial charge in [-0.1, -0.05) is 17.3 Å². The molecule has 2 bridgehead atoms. The van der Waals surface area contributed by atoms with Gasteiger partial charge in [0.2, 0.25) is 11.8 Å². The number of hydrogen-bond donors (Lipinski definition) is 1. The quantitative estimate of drug-likeness (QED) is 0.743. The van der Waals surface area contributed by atoms with Crippen molar-refractivity contribution in [2.24, 2.45) is 11.8 Å². The first kappa shape index (κ1) is 19.6. The summed E-state index contributed by atoms with van der Waals surface area (Å²) >= 11 is 0. The number of hydrogen-bond acceptors (Lipinski definition) is 6. The van der Waals surface area contributed by atoms with Gasteiger partial charge in [-0.2, -0.15) is 0 Å². The molecule has 1 spiro atoms. The summed E-state index contributed by atoms with van der Waals surface area (Å²) in [7, 11) is 0. The molecule has 3 aliphatic rings. The molecule has 4 heterocycles. The standard InChI is InChI=1S/C20H16F3N3O5/c1-10-8-14(25-31-10)26-9-19-7-6-13(30-19)15(16(19)18(26)28)17(27)24-11-2-4-12(5-3-11)29-20(21,22)23/h2-8,13,15-16H,9H2,1H3,(H,24,27)/t13-,15+,16+,19+/m1/s1. The molecule has 11 heteroatoms. The summed E-state index contributed by atoms with van der Waals surface area (Å²) in [6.45, 7) is 1.92. The van der Waals surface area contributed by atoms with Crippen molar-refractivity contribution in [3.05, 3.63) is 48.2 Å². The van der Waals surface area contributed by atoms with Crippen molar-refractivity contribution in [2.45, 2.75) is 25.0 Å². The lowest BCUT2D eigenvalue weighted by atomic mass is 9.77. The van der Waals surface area contributed by atoms with Crippen LogP contribution in [0.2, 0.25) is 0 Å². The van der Waals surface area contributed by atoms with Crippen molar-refractivity contribution in [1.82, 2.24) is 5.16 Å². The Morgan fingerprint density at radius 1 is 1.32 bits per heavy atom. The van der Waals surface area contributed by atoms with Crippen LogP contribution in [0, 0.1) is 18.8 Å². The van der Waals surface area contributed by atoms with Crippen LogP contribution >= 0.6 is 0 Å². The second-order valence-corrected chi connectivity index (χ2v) is 7.68. The molecule has 1 N–H and O–H groups in total. The molecule has 31 heavy (non-hydrogen) atoms. The Hall–Kier alpha value is -3.34. The maximum absolute atomic E-state index is 13.2. The number of carbonyl (C=O) groups excluding carboxylic acids is 2. The molecule has 2 fully saturated rings. The highest BCUT2D eigenvalue weighted by atomic mass is 19.4. The molecule has 4 atom stereocenters. The number of ether oxygens (including phenoxy) is 2. The minimum atomic E-state index is -4.80. The van der Waals surface area contributed by atoms with E-state index in [-0.39, 0.29) is 18.1 Å². The minimum absolute atomic E-state index is 0.211. The van der Waals surface area contributed by atoms with Crippen molar-refractivity contribution >= 4 is 23.3 Å². The van der Waals surface area contributed by atoms with Crippen molar-refractivity contribution in [3.63, 3.8) is 0 Å². The summed E-state index contributed by atoms with van der Waals surface area (Å²) in [5.41, 5.74) is -0.657. The Kier molecular flexibility index (Phi) is 4.16. The third-order valence-corrected chi connectivity index (χ3v) is 5.65. The molecule has 0 radical (unpaired) electrons. The number of alkyl halides is 3. The van der Waals surface area contributed by atoms with Crippen LogP contribution in [0.25, 0.3) is 0 Å². The number of anilines is 2. The molecule has 0 aliphatic carbocycles. The second-order valence-electron chi connectivity index (χ2n) is 7.68. The van der Waals surface area contributed by atoms with Gasteiger partial charge in [-0.3, -0.25) is 14.5 Å². The lowest BCUT2D eigenvalue weighted by Gasteiger charge is -2.23. The van der Waals surface area contributed by atoms with E-state index in [1.807, 2.05) is 0 Å². The van der Waals surface area contributed by atoms with E-state index in [2.05, 4.69) is 15.2 Å². The summed E-state index contributed by atoms with van der Waals surface area (Å²) < 4.78 is 51.8. The van der Waals surface area contributed by atoms with E-state index in [9.17, 15) is 22.8 Å². The van der Waals surface area contributed by atoms with E-state index < -0.39 is 41.6 Å². The molecule has 162 valence electrons. The van der Waals surface area contributed by atoms with E-state index in [0.29, 0.717) is 11.6 Å². The topological polar surface area (TPSA) is 93.9 Å². The zero-order chi connectivity index (χ0) is 22.0. The lowest BCUT2D eigenvalue weighted by Crippen LogP contribution is -2.41. The summed E-state index contributed by atoms with van der Waals surface area (Å²) in [5, 5.41) is 6.54. The van der Waals surface area contributed by atoms with Crippen LogP contribution in [-0.2, 0) is 14.3 Å². The highest BCUT2D eigenvalue weighted by Crippen LogP contribution is 2.52. The molecule has 2 aromatic rings. The van der Waals surface area contributed by atoms with Gasteiger partial charge in [0.1, 0.15) is 17.1 Å². The fourth-order valence-electron chi connectivity index (χ4n) is 4.44. The maximum atomic E-state index is 13.2. The predicted octanol–water partition coefficient (Wildman–Crippen LogP) is 2.81. The molecule has 3 aliphatic heterocycles. The van der Waals surface area contributed by atoms with Crippen LogP contribution in [0.15, 0.2) is 47.0 Å². The molecule has 2 saturated heterocycles. The average Bonchev–Trinajstić information content (AvgIpc) is 3.43. The highest BCUT2D eigenvalue weighted by molar-refractivity contribution is 6.05. The van der Waals surface area contributed by atoms with Gasteiger partial charge in [0.15, 0.2) is 5.82 Å². The van der Waals surface area contributed by atoms with Crippen molar-refractivity contribution in [1.29, 1.82) is 0 Å². The number of nitrogens with zero attached hydrogens (tertiary/aromatic N) is 2. The Morgan fingerprint density at radius 2 is 2.06 bits per heavy atom. The normalized spacial score (nSPS) is 28.8. The number of aromatic nitrogens is 1. The monoisotopic (exact) mass is 435 g/mol. The molecule has 2 amide bonds. The Labute approximate surface area is 173 Å². The molecular weight excluding hydrogens is 419 g/mol. The zero-order valence-corrected chi connectivity index (χ0v) is 16.1. The van der Waals surface area contributed by atoms with E-state index in [1.54, 1.807) is 25.1 Å². The third kappa shape index (κ3) is 3.25. The Morgan fingerprint density at radius 3 is 2.71 bits per heavy atom. The molecule has 8 nitrogen and oxygen atoms in total. The molecule has 0 saturated carbocycles. The van der Waals surface area contributed by atoms with Gasteiger partial charge in [0, 0.05) is 11.8 Å². The lowest BCUT2D eigenvalue weighted by molar-refractivity contribution is -0.274. The van der Waals surface area contributed by atoms with Gasteiger partial charge in [-0.15, -0.1) is 13.2 Å². The molecule has 1 aromatic heterocycles. The maximum Gasteiger partial charge on any atom is 0.573 e. The first-order valence-corrected chi connectivity index (χ1v) is 9.44. The summed E-state index contributed by atoms with van der Waals surface area (Å²) in [5.74, 6) is -1.79. The number of rotatable bonds is 4. The zero-order valence-electron chi connectivity index (χ0n) is 16.1. The van der Waals surface area contributed by atoms with Crippen LogP contribution in [0.3, 0.4) is 0 Å². The predicted molar refractivity (Wildman–Crippen MR) is 99.1 cm³/mol. The number of carbonyl (C=O) groups is 2. The summed E-state index contributed by atoms with van der Waals surface area (Å²) in [4.78, 5) is 27.6. The van der Waals surface area contributed by atoms with Gasteiger partial charge in [0.05, 0.1) is 24.5 Å². The molecule has 0 unspecified atom stereocenters. The molecule has 1 aromatic carbocycles. The number of fused-ring (bicyclic) bond motifs is 1. The van der Waals surface area contributed by atoms with Gasteiger partial charge in [-0.05, 0) is 31.2 Å². The fraction of sp³-hybridized carbons (Fsp3) is 0.350. The fourth-order valence-corrected chi connectivity index (χ4v) is 4.44. The van der Waals surface area contributed by atoms with Crippen LogP contribution in [0.5, 0.6) is 5.75 Å². The van der Waals surface area contributed by atoms with Crippen LogP contribution in [0.4, 0.5) is 24.7 Å². The number of amides is 2. The van der Waals surface area contributed by atoms with E-state index in [1.165, 1.54) is 17.0 Å². The number of halogens is 3. The van der Waals surface area contributed by atoms with E-state index in [4.69, 9.17) is 9.26 Å². The Bertz CT molecular complexity index is 1080. The van der Waals surface area contributed by atoms with Crippen LogP contribution in [-0.4, -0.2) is 41.6 Å². The second kappa shape index (κ2) is 6.58. The molecule has 5 rings (SSSR count). The van der Waals surface area contributed by atoms with Gasteiger partial charge < -0.3 is 19.3 Å². The number of nitrogens with one attached hydrogen (secondary N) is 1. The van der Waals surface area contributed by atoms with Gasteiger partial charge >= 0.3 is 6.36 Å². The van der Waals surface area contributed by atoms with Crippen LogP contribution in [0.1, 0.15) is 5.76 Å². The van der Waals surface area contributed by atoms with Crippen molar-refractivity contribution in [2.75, 3.05) is 16.8 Å². The number of aryl methyl sites for hydroxylation is 1. The summed E-state index contributed by atoms with van der Waals surface area (Å²) in [6, 6.07) is 6.40.